The average molecular weight is 579 g/mol. The third-order valence-electron chi connectivity index (χ3n) is 8.02. The van der Waals surface area contributed by atoms with E-state index in [0.717, 1.165) is 49.7 Å². The molecule has 0 bridgehead atoms. The molecule has 0 radical (unpaired) electrons. The fraction of sp³-hybridized carbons (Fsp3) is 0.579. The Kier molecular flexibility index (Phi) is 17.7. The van der Waals surface area contributed by atoms with Gasteiger partial charge in [0.2, 0.25) is 9.84 Å². The van der Waals surface area contributed by atoms with E-state index >= 15 is 0 Å². The van der Waals surface area contributed by atoms with Gasteiger partial charge in [-0.2, -0.15) is 0 Å². The molecular weight excluding hydrogens is 520 g/mol. The maximum atomic E-state index is 13.8. The van der Waals surface area contributed by atoms with Crippen molar-refractivity contribution in [2.75, 3.05) is 0 Å². The van der Waals surface area contributed by atoms with Crippen molar-refractivity contribution in [3.05, 3.63) is 70.8 Å². The third-order valence-corrected chi connectivity index (χ3v) is 9.77. The van der Waals surface area contributed by atoms with Gasteiger partial charge in [-0.25, -0.2) is 8.42 Å². The van der Waals surface area contributed by atoms with E-state index in [9.17, 15) is 8.42 Å². The Hall–Kier alpha value is -2.13. The number of rotatable bonds is 22. The Morgan fingerprint density at radius 3 is 1.24 bits per heavy atom. The molecule has 0 aliphatic rings. The predicted molar refractivity (Wildman–Crippen MR) is 180 cm³/mol. The molecule has 0 aliphatic carbocycles. The van der Waals surface area contributed by atoms with Gasteiger partial charge in [-0.05, 0) is 85.0 Å². The molecule has 0 saturated heterocycles. The van der Waals surface area contributed by atoms with Crippen LogP contribution >= 0.6 is 0 Å². The molecule has 0 heterocycles. The molecule has 2 nitrogen and oxygen atoms in total. The quantitative estimate of drug-likeness (QED) is 0.130. The van der Waals surface area contributed by atoms with Gasteiger partial charge in [0.25, 0.3) is 0 Å². The second-order valence-electron chi connectivity index (χ2n) is 11.6. The number of allylic oxidation sites excluding steroid dienone is 2. The first-order valence-corrected chi connectivity index (χ1v) is 18.3. The van der Waals surface area contributed by atoms with Crippen molar-refractivity contribution < 1.29 is 8.42 Å². The summed E-state index contributed by atoms with van der Waals surface area (Å²) in [5, 5.41) is 0. The number of aryl methyl sites for hydroxylation is 2. The topological polar surface area (TPSA) is 34.1 Å². The van der Waals surface area contributed by atoms with Crippen LogP contribution in [0.1, 0.15) is 153 Å². The second-order valence-corrected chi connectivity index (χ2v) is 13.5. The van der Waals surface area contributed by atoms with Crippen LogP contribution in [0.4, 0.5) is 0 Å². The lowest BCUT2D eigenvalue weighted by atomic mass is 9.99. The minimum absolute atomic E-state index is 0.391. The SMILES string of the molecule is CCC=Cc1cc(S(=O)(=O)c2ccc(CCCCCCCCC)c(C=CCC)c2)ccc1CCCCCCCCC. The Morgan fingerprint density at radius 1 is 0.512 bits per heavy atom. The first-order valence-electron chi connectivity index (χ1n) is 16.8. The first-order chi connectivity index (χ1) is 20.0. The van der Waals surface area contributed by atoms with Crippen LogP contribution < -0.4 is 0 Å². The summed E-state index contributed by atoms with van der Waals surface area (Å²) in [4.78, 5) is 0.781. The van der Waals surface area contributed by atoms with Gasteiger partial charge in [-0.15, -0.1) is 0 Å². The summed E-state index contributed by atoms with van der Waals surface area (Å²) >= 11 is 0. The molecule has 0 aromatic heterocycles. The van der Waals surface area contributed by atoms with Crippen LogP contribution in [-0.2, 0) is 22.7 Å². The molecule has 0 unspecified atom stereocenters. The van der Waals surface area contributed by atoms with Crippen LogP contribution in [-0.4, -0.2) is 8.42 Å². The van der Waals surface area contributed by atoms with E-state index in [2.05, 4.69) is 52.0 Å². The highest BCUT2D eigenvalue weighted by Crippen LogP contribution is 2.28. The van der Waals surface area contributed by atoms with Gasteiger partial charge >= 0.3 is 0 Å². The maximum Gasteiger partial charge on any atom is 0.206 e. The molecule has 0 amide bonds. The minimum atomic E-state index is -3.61. The van der Waals surface area contributed by atoms with Gasteiger partial charge in [0.1, 0.15) is 0 Å². The lowest BCUT2D eigenvalue weighted by molar-refractivity contribution is 0.588. The van der Waals surface area contributed by atoms with Gasteiger partial charge in [0, 0.05) is 0 Å². The van der Waals surface area contributed by atoms with Crippen molar-refractivity contribution in [3.63, 3.8) is 0 Å². The first kappa shape index (κ1) is 35.1. The number of hydrogen-bond donors (Lipinski definition) is 0. The monoisotopic (exact) mass is 578 g/mol. The van der Waals surface area contributed by atoms with Crippen molar-refractivity contribution in [2.45, 2.75) is 153 Å². The van der Waals surface area contributed by atoms with E-state index in [1.165, 1.54) is 88.2 Å². The highest BCUT2D eigenvalue weighted by Gasteiger charge is 2.20. The Bertz CT molecular complexity index is 1070. The van der Waals surface area contributed by atoms with Crippen LogP contribution in [0.25, 0.3) is 12.2 Å². The molecule has 2 aromatic carbocycles. The zero-order valence-corrected chi connectivity index (χ0v) is 27.5. The van der Waals surface area contributed by atoms with E-state index < -0.39 is 9.84 Å². The lowest BCUT2D eigenvalue weighted by Gasteiger charge is -2.13. The van der Waals surface area contributed by atoms with Crippen LogP contribution in [0.15, 0.2) is 58.3 Å². The molecule has 0 saturated carbocycles. The van der Waals surface area contributed by atoms with Gasteiger partial charge in [-0.1, -0.05) is 141 Å². The highest BCUT2D eigenvalue weighted by molar-refractivity contribution is 7.91. The van der Waals surface area contributed by atoms with E-state index in [1.54, 1.807) is 0 Å². The smallest absolute Gasteiger partial charge is 0.206 e. The number of unbranched alkanes of at least 4 members (excludes halogenated alkanes) is 12. The molecule has 3 heteroatoms. The van der Waals surface area contributed by atoms with Crippen molar-refractivity contribution in [1.82, 2.24) is 0 Å². The fourth-order valence-electron chi connectivity index (χ4n) is 5.42. The average Bonchev–Trinajstić information content (AvgIpc) is 2.98. The predicted octanol–water partition coefficient (Wildman–Crippen LogP) is 12.0. The molecule has 0 atom stereocenters. The zero-order chi connectivity index (χ0) is 29.8. The largest absolute Gasteiger partial charge is 0.219 e. The van der Waals surface area contributed by atoms with Gasteiger partial charge < -0.3 is 0 Å². The summed E-state index contributed by atoms with van der Waals surface area (Å²) in [6, 6.07) is 11.5. The molecule has 228 valence electrons. The van der Waals surface area contributed by atoms with Gasteiger partial charge in [0.05, 0.1) is 9.79 Å². The molecular formula is C38H58O2S. The highest BCUT2D eigenvalue weighted by atomic mass is 32.2. The van der Waals surface area contributed by atoms with E-state index in [4.69, 9.17) is 0 Å². The second kappa shape index (κ2) is 20.7. The molecule has 2 aromatic rings. The Labute approximate surface area is 253 Å². The van der Waals surface area contributed by atoms with Crippen LogP contribution in [0.3, 0.4) is 0 Å². The number of hydrogen-bond acceptors (Lipinski definition) is 2. The summed E-state index contributed by atoms with van der Waals surface area (Å²) in [6.45, 7) is 8.74. The molecule has 0 aliphatic heterocycles. The van der Waals surface area contributed by atoms with Crippen LogP contribution in [0, 0.1) is 0 Å². The fourth-order valence-corrected chi connectivity index (χ4v) is 6.75. The summed E-state index contributed by atoms with van der Waals surface area (Å²) in [5.41, 5.74) is 4.58. The molecule has 0 spiro atoms. The van der Waals surface area contributed by atoms with Crippen molar-refractivity contribution in [2.24, 2.45) is 0 Å². The summed E-state index contributed by atoms with van der Waals surface area (Å²) in [7, 11) is -3.61. The number of benzene rings is 2. The summed E-state index contributed by atoms with van der Waals surface area (Å²) in [5.74, 6) is 0. The van der Waals surface area contributed by atoms with Crippen LogP contribution in [0.2, 0.25) is 0 Å². The Balaban J connectivity index is 2.19. The normalized spacial score (nSPS) is 12.2. The Morgan fingerprint density at radius 2 is 0.878 bits per heavy atom. The van der Waals surface area contributed by atoms with E-state index in [1.807, 2.05) is 36.4 Å². The lowest BCUT2D eigenvalue weighted by Crippen LogP contribution is -2.05. The summed E-state index contributed by atoms with van der Waals surface area (Å²) in [6.07, 6.45) is 30.2. The maximum absolute atomic E-state index is 13.8. The molecule has 41 heavy (non-hydrogen) atoms. The van der Waals surface area contributed by atoms with Crippen molar-refractivity contribution in [3.8, 4) is 0 Å². The standard InChI is InChI=1S/C38H58O2S/c1-5-9-13-15-17-19-21-25-33-27-29-37(31-35(33)23-11-7-3)41(39,40)38-30-28-34(36(32-38)24-12-8-4)26-22-20-18-16-14-10-6-2/h11-12,23-24,27-32H,5-10,13-22,25-26H2,1-4H3. The van der Waals surface area contributed by atoms with E-state index in [-0.39, 0.29) is 0 Å². The molecule has 0 fully saturated rings. The summed E-state index contributed by atoms with van der Waals surface area (Å²) < 4.78 is 27.7. The van der Waals surface area contributed by atoms with Crippen molar-refractivity contribution >= 4 is 22.0 Å². The molecule has 0 N–H and O–H groups in total. The zero-order valence-electron chi connectivity index (χ0n) is 26.7. The molecule has 2 rings (SSSR count). The van der Waals surface area contributed by atoms with Gasteiger partial charge in [-0.3, -0.25) is 0 Å². The van der Waals surface area contributed by atoms with Crippen molar-refractivity contribution in [1.29, 1.82) is 0 Å². The number of sulfone groups is 1. The van der Waals surface area contributed by atoms with E-state index in [0.29, 0.717) is 9.79 Å². The van der Waals surface area contributed by atoms with Crippen LogP contribution in [0.5, 0.6) is 0 Å². The van der Waals surface area contributed by atoms with Gasteiger partial charge in [0.15, 0.2) is 0 Å². The minimum Gasteiger partial charge on any atom is -0.219 e. The third kappa shape index (κ3) is 12.7.